The Kier molecular flexibility index (Phi) is 5.99. The van der Waals surface area contributed by atoms with Crippen LogP contribution in [-0.4, -0.2) is 24.4 Å². The highest BCUT2D eigenvalue weighted by Crippen LogP contribution is 2.22. The van der Waals surface area contributed by atoms with Gasteiger partial charge in [-0.05, 0) is 31.9 Å². The van der Waals surface area contributed by atoms with Crippen molar-refractivity contribution < 1.29 is 15.2 Å². The number of hydrogen-bond acceptors (Lipinski definition) is 2. The van der Waals surface area contributed by atoms with Gasteiger partial charge in [-0.2, -0.15) is 0 Å². The lowest BCUT2D eigenvalue weighted by Crippen LogP contribution is -2.87. The molecule has 0 saturated heterocycles. The molecule has 0 fully saturated rings. The standard InChI is InChI=1S/C19H25NO2/c1-14-8-7-9-15(2)19(14)22-13-18(21)12-20-16(3)17-10-5-4-6-11-17/h4-11,16,18,20-21H,12-13H2,1-3H3/p+1/t16-,18+/m0/s1. The normalized spacial score (nSPS) is 13.6. The maximum atomic E-state index is 10.1. The summed E-state index contributed by atoms with van der Waals surface area (Å²) in [5.41, 5.74) is 3.48. The van der Waals surface area contributed by atoms with E-state index in [1.165, 1.54) is 5.56 Å². The van der Waals surface area contributed by atoms with Crippen LogP contribution >= 0.6 is 0 Å². The fraction of sp³-hybridized carbons (Fsp3) is 0.368. The van der Waals surface area contributed by atoms with Gasteiger partial charge in [-0.25, -0.2) is 0 Å². The van der Waals surface area contributed by atoms with Crippen molar-refractivity contribution in [2.24, 2.45) is 0 Å². The molecule has 0 radical (unpaired) electrons. The molecule has 0 aliphatic rings. The smallest absolute Gasteiger partial charge is 0.137 e. The first kappa shape index (κ1) is 16.5. The zero-order valence-electron chi connectivity index (χ0n) is 13.6. The maximum absolute atomic E-state index is 10.1. The van der Waals surface area contributed by atoms with Crippen LogP contribution < -0.4 is 10.1 Å². The average Bonchev–Trinajstić information content (AvgIpc) is 2.53. The van der Waals surface area contributed by atoms with Gasteiger partial charge in [0.05, 0.1) is 0 Å². The number of hydrogen-bond donors (Lipinski definition) is 2. The quantitative estimate of drug-likeness (QED) is 0.824. The Morgan fingerprint density at radius 3 is 2.27 bits per heavy atom. The third kappa shape index (κ3) is 4.58. The molecular weight excluding hydrogens is 274 g/mol. The van der Waals surface area contributed by atoms with Gasteiger partial charge in [-0.3, -0.25) is 0 Å². The number of nitrogens with two attached hydrogens (primary N) is 1. The zero-order valence-corrected chi connectivity index (χ0v) is 13.6. The zero-order chi connectivity index (χ0) is 15.9. The molecule has 0 amide bonds. The number of benzene rings is 2. The van der Waals surface area contributed by atoms with Crippen molar-refractivity contribution in [3.63, 3.8) is 0 Å². The molecule has 0 spiro atoms. The number of rotatable bonds is 7. The van der Waals surface area contributed by atoms with Crippen LogP contribution in [0.3, 0.4) is 0 Å². The first-order valence-corrected chi connectivity index (χ1v) is 7.83. The van der Waals surface area contributed by atoms with Gasteiger partial charge in [-0.1, -0.05) is 48.5 Å². The van der Waals surface area contributed by atoms with Crippen molar-refractivity contribution in [1.82, 2.24) is 0 Å². The SMILES string of the molecule is Cc1cccc(C)c1OC[C@H](O)C[NH2+][C@@H](C)c1ccccc1. The van der Waals surface area contributed by atoms with E-state index in [9.17, 15) is 5.11 Å². The molecule has 0 saturated carbocycles. The van der Waals surface area contributed by atoms with E-state index in [-0.39, 0.29) is 0 Å². The van der Waals surface area contributed by atoms with Gasteiger partial charge >= 0.3 is 0 Å². The molecule has 2 aromatic carbocycles. The predicted octanol–water partition coefficient (Wildman–Crippen LogP) is 2.37. The molecule has 0 aromatic heterocycles. The first-order chi connectivity index (χ1) is 10.6. The maximum Gasteiger partial charge on any atom is 0.137 e. The molecule has 3 N–H and O–H groups in total. The lowest BCUT2D eigenvalue weighted by atomic mass is 10.1. The summed E-state index contributed by atoms with van der Waals surface area (Å²) in [7, 11) is 0. The Hall–Kier alpha value is -1.84. The lowest BCUT2D eigenvalue weighted by molar-refractivity contribution is -0.698. The minimum atomic E-state index is -0.481. The van der Waals surface area contributed by atoms with Crippen LogP contribution in [0.1, 0.15) is 29.7 Å². The Bertz CT molecular complexity index is 563. The Morgan fingerprint density at radius 2 is 1.64 bits per heavy atom. The van der Waals surface area contributed by atoms with Crippen LogP contribution in [0.4, 0.5) is 0 Å². The molecule has 0 unspecified atom stereocenters. The molecule has 0 aliphatic heterocycles. The van der Waals surface area contributed by atoms with Crippen LogP contribution in [0, 0.1) is 13.8 Å². The average molecular weight is 300 g/mol. The van der Waals surface area contributed by atoms with E-state index >= 15 is 0 Å². The molecule has 3 nitrogen and oxygen atoms in total. The van der Waals surface area contributed by atoms with Crippen molar-refractivity contribution in [1.29, 1.82) is 0 Å². The van der Waals surface area contributed by atoms with Crippen molar-refractivity contribution in [3.05, 3.63) is 65.2 Å². The van der Waals surface area contributed by atoms with Gasteiger partial charge in [0.2, 0.25) is 0 Å². The van der Waals surface area contributed by atoms with Crippen molar-refractivity contribution >= 4 is 0 Å². The van der Waals surface area contributed by atoms with Crippen molar-refractivity contribution in [2.75, 3.05) is 13.2 Å². The van der Waals surface area contributed by atoms with Gasteiger partial charge in [-0.15, -0.1) is 0 Å². The third-order valence-electron chi connectivity index (χ3n) is 3.92. The number of aryl methyl sites for hydroxylation is 2. The summed E-state index contributed by atoms with van der Waals surface area (Å²) in [5.74, 6) is 0.887. The second-order valence-corrected chi connectivity index (χ2v) is 5.86. The highest BCUT2D eigenvalue weighted by atomic mass is 16.5. The van der Waals surface area contributed by atoms with E-state index in [0.717, 1.165) is 16.9 Å². The Balaban J connectivity index is 1.80. The summed E-state index contributed by atoms with van der Waals surface area (Å²) >= 11 is 0. The van der Waals surface area contributed by atoms with E-state index < -0.39 is 6.10 Å². The Labute approximate surface area is 133 Å². The molecule has 118 valence electrons. The number of para-hydroxylation sites is 1. The van der Waals surface area contributed by atoms with Crippen molar-refractivity contribution in [3.8, 4) is 5.75 Å². The minimum Gasteiger partial charge on any atom is -0.490 e. The summed E-state index contributed by atoms with van der Waals surface area (Å²) in [6.07, 6.45) is -0.481. The van der Waals surface area contributed by atoms with Crippen LogP contribution in [-0.2, 0) is 0 Å². The van der Waals surface area contributed by atoms with E-state index in [2.05, 4.69) is 24.4 Å². The van der Waals surface area contributed by atoms with Gasteiger partial charge in [0.25, 0.3) is 0 Å². The van der Waals surface area contributed by atoms with E-state index in [1.807, 2.05) is 50.2 Å². The van der Waals surface area contributed by atoms with Crippen LogP contribution in [0.15, 0.2) is 48.5 Å². The van der Waals surface area contributed by atoms with E-state index in [0.29, 0.717) is 19.2 Å². The van der Waals surface area contributed by atoms with Gasteiger partial charge in [0, 0.05) is 5.56 Å². The highest BCUT2D eigenvalue weighted by Gasteiger charge is 2.13. The minimum absolute atomic E-state index is 0.323. The summed E-state index contributed by atoms with van der Waals surface area (Å²) in [4.78, 5) is 0. The van der Waals surface area contributed by atoms with Crippen LogP contribution in [0.5, 0.6) is 5.75 Å². The molecule has 2 atom stereocenters. The number of aliphatic hydroxyl groups is 1. The monoisotopic (exact) mass is 300 g/mol. The van der Waals surface area contributed by atoms with Gasteiger partial charge in [0.1, 0.15) is 31.0 Å². The molecule has 0 aliphatic carbocycles. The number of aliphatic hydroxyl groups excluding tert-OH is 1. The van der Waals surface area contributed by atoms with E-state index in [1.54, 1.807) is 0 Å². The second kappa shape index (κ2) is 7.97. The molecule has 2 aromatic rings. The fourth-order valence-corrected chi connectivity index (χ4v) is 2.53. The van der Waals surface area contributed by atoms with Crippen molar-refractivity contribution in [2.45, 2.75) is 32.9 Å². The first-order valence-electron chi connectivity index (χ1n) is 7.83. The number of quaternary nitrogens is 1. The predicted molar refractivity (Wildman–Crippen MR) is 89.1 cm³/mol. The van der Waals surface area contributed by atoms with E-state index in [4.69, 9.17) is 4.74 Å². The molecular formula is C19H26NO2+. The highest BCUT2D eigenvalue weighted by molar-refractivity contribution is 5.39. The molecule has 2 rings (SSSR count). The van der Waals surface area contributed by atoms with Gasteiger partial charge in [0.15, 0.2) is 0 Å². The largest absolute Gasteiger partial charge is 0.490 e. The van der Waals surface area contributed by atoms with Crippen LogP contribution in [0.2, 0.25) is 0 Å². The molecule has 0 bridgehead atoms. The summed E-state index contributed by atoms with van der Waals surface area (Å²) in [6, 6.07) is 16.7. The van der Waals surface area contributed by atoms with Gasteiger partial charge < -0.3 is 15.2 Å². The summed E-state index contributed by atoms with van der Waals surface area (Å²) < 4.78 is 5.80. The molecule has 22 heavy (non-hydrogen) atoms. The summed E-state index contributed by atoms with van der Waals surface area (Å²) in [5, 5.41) is 12.3. The molecule has 3 heteroatoms. The second-order valence-electron chi connectivity index (χ2n) is 5.86. The third-order valence-corrected chi connectivity index (χ3v) is 3.92. The molecule has 0 heterocycles. The van der Waals surface area contributed by atoms with Crippen LogP contribution in [0.25, 0.3) is 0 Å². The number of ether oxygens (including phenoxy) is 1. The summed E-state index contributed by atoms with van der Waals surface area (Å²) in [6.45, 7) is 7.15. The lowest BCUT2D eigenvalue weighted by Gasteiger charge is -2.17. The fourth-order valence-electron chi connectivity index (χ4n) is 2.53. The Morgan fingerprint density at radius 1 is 1.00 bits per heavy atom. The topological polar surface area (TPSA) is 46.1 Å².